The number of ether oxygens (including phenoxy) is 1. The Balaban J connectivity index is 3.37. The summed E-state index contributed by atoms with van der Waals surface area (Å²) in [4.78, 5) is 10.7. The molecule has 0 heterocycles. The fourth-order valence-electron chi connectivity index (χ4n) is 1.33. The third kappa shape index (κ3) is 2.22. The molecule has 0 fully saturated rings. The highest BCUT2D eigenvalue weighted by atomic mass is 35.5. The Kier molecular flexibility index (Phi) is 3.55. The van der Waals surface area contributed by atoms with Gasteiger partial charge in [0.25, 0.3) is 0 Å². The first-order valence-corrected chi connectivity index (χ1v) is 4.60. The number of carboxylic acids is 1. The van der Waals surface area contributed by atoms with Crippen molar-refractivity contribution in [3.05, 3.63) is 28.3 Å². The van der Waals surface area contributed by atoms with Crippen molar-refractivity contribution in [2.24, 2.45) is 0 Å². The van der Waals surface area contributed by atoms with E-state index in [2.05, 4.69) is 0 Å². The molecule has 0 aliphatic rings. The van der Waals surface area contributed by atoms with Gasteiger partial charge in [-0.25, -0.2) is 4.79 Å². The van der Waals surface area contributed by atoms with E-state index >= 15 is 0 Å². The molecule has 82 valence electrons. The number of carboxylic acid groups (broad SMARTS) is 1. The first kappa shape index (κ1) is 11.8. The lowest BCUT2D eigenvalue weighted by molar-refractivity contribution is -0.147. The average molecular weight is 231 g/mol. The predicted octanol–water partition coefficient (Wildman–Crippen LogP) is 1.78. The Morgan fingerprint density at radius 3 is 2.60 bits per heavy atom. The van der Waals surface area contributed by atoms with Gasteiger partial charge in [-0.3, -0.25) is 0 Å². The molecule has 0 saturated carbocycles. The number of carbonyl (C=O) groups is 1. The van der Waals surface area contributed by atoms with Crippen LogP contribution in [0, 0.1) is 6.92 Å². The second kappa shape index (κ2) is 4.51. The maximum absolute atomic E-state index is 10.7. The third-order valence-corrected chi connectivity index (χ3v) is 2.38. The molecule has 0 spiro atoms. The highest BCUT2D eigenvalue weighted by molar-refractivity contribution is 6.31. The molecule has 0 aliphatic carbocycles. The fourth-order valence-corrected chi connectivity index (χ4v) is 1.59. The molecular weight excluding hydrogens is 220 g/mol. The SMILES string of the molecule is COc1c(C)ccc(Cl)c1C(O)C(=O)O. The Morgan fingerprint density at radius 1 is 1.53 bits per heavy atom. The maximum atomic E-state index is 10.7. The standard InChI is InChI=1S/C10H11ClO4/c1-5-3-4-6(11)7(9(5)15-2)8(12)10(13)14/h3-4,8,12H,1-2H3,(H,13,14). The fraction of sp³-hybridized carbons (Fsp3) is 0.300. The molecule has 0 aromatic heterocycles. The van der Waals surface area contributed by atoms with Crippen molar-refractivity contribution >= 4 is 17.6 Å². The molecule has 5 heteroatoms. The molecule has 0 bridgehead atoms. The Bertz CT molecular complexity index is 389. The van der Waals surface area contributed by atoms with Gasteiger partial charge in [0, 0.05) is 0 Å². The van der Waals surface area contributed by atoms with Gasteiger partial charge < -0.3 is 14.9 Å². The van der Waals surface area contributed by atoms with Crippen LogP contribution < -0.4 is 4.74 Å². The van der Waals surface area contributed by atoms with E-state index < -0.39 is 12.1 Å². The number of aliphatic hydroxyl groups is 1. The predicted molar refractivity (Wildman–Crippen MR) is 55.3 cm³/mol. The normalized spacial score (nSPS) is 12.3. The minimum Gasteiger partial charge on any atom is -0.496 e. The van der Waals surface area contributed by atoms with E-state index in [0.717, 1.165) is 5.56 Å². The lowest BCUT2D eigenvalue weighted by Gasteiger charge is -2.15. The molecule has 1 aromatic rings. The topological polar surface area (TPSA) is 66.8 Å². The van der Waals surface area contributed by atoms with Crippen LogP contribution in [0.25, 0.3) is 0 Å². The van der Waals surface area contributed by atoms with Crippen LogP contribution in [-0.4, -0.2) is 23.3 Å². The number of hydrogen-bond donors (Lipinski definition) is 2. The number of aryl methyl sites for hydroxylation is 1. The number of methoxy groups -OCH3 is 1. The summed E-state index contributed by atoms with van der Waals surface area (Å²) in [5.74, 6) is -1.06. The lowest BCUT2D eigenvalue weighted by atomic mass is 10.0. The van der Waals surface area contributed by atoms with Crippen LogP contribution in [0.15, 0.2) is 12.1 Å². The summed E-state index contributed by atoms with van der Waals surface area (Å²) in [7, 11) is 1.40. The molecule has 1 aromatic carbocycles. The van der Waals surface area contributed by atoms with Crippen LogP contribution in [0.5, 0.6) is 5.75 Å². The van der Waals surface area contributed by atoms with Crippen molar-refractivity contribution in [3.63, 3.8) is 0 Å². The van der Waals surface area contributed by atoms with Gasteiger partial charge in [0.1, 0.15) is 5.75 Å². The molecule has 0 aliphatic heterocycles. The molecule has 0 radical (unpaired) electrons. The van der Waals surface area contributed by atoms with Crippen molar-refractivity contribution in [1.29, 1.82) is 0 Å². The summed E-state index contributed by atoms with van der Waals surface area (Å²) in [6.07, 6.45) is -1.67. The maximum Gasteiger partial charge on any atom is 0.337 e. The van der Waals surface area contributed by atoms with Crippen LogP contribution >= 0.6 is 11.6 Å². The molecule has 1 unspecified atom stereocenters. The third-order valence-electron chi connectivity index (χ3n) is 2.05. The van der Waals surface area contributed by atoms with E-state index in [9.17, 15) is 9.90 Å². The quantitative estimate of drug-likeness (QED) is 0.831. The van der Waals surface area contributed by atoms with Crippen molar-refractivity contribution in [2.75, 3.05) is 7.11 Å². The Labute approximate surface area is 92.1 Å². The lowest BCUT2D eigenvalue weighted by Crippen LogP contribution is -2.12. The van der Waals surface area contributed by atoms with E-state index in [0.29, 0.717) is 5.75 Å². The van der Waals surface area contributed by atoms with Crippen molar-refractivity contribution in [3.8, 4) is 5.75 Å². The Hall–Kier alpha value is -1.26. The zero-order valence-corrected chi connectivity index (χ0v) is 9.08. The first-order valence-electron chi connectivity index (χ1n) is 4.23. The van der Waals surface area contributed by atoms with Crippen LogP contribution in [0.2, 0.25) is 5.02 Å². The van der Waals surface area contributed by atoms with Crippen LogP contribution in [0.4, 0.5) is 0 Å². The van der Waals surface area contributed by atoms with E-state index in [1.54, 1.807) is 13.0 Å². The number of halogens is 1. The summed E-state index contributed by atoms with van der Waals surface area (Å²) in [5, 5.41) is 18.3. The van der Waals surface area contributed by atoms with E-state index in [-0.39, 0.29) is 10.6 Å². The van der Waals surface area contributed by atoms with E-state index in [4.69, 9.17) is 21.4 Å². The van der Waals surface area contributed by atoms with Crippen molar-refractivity contribution in [1.82, 2.24) is 0 Å². The van der Waals surface area contributed by atoms with Gasteiger partial charge in [0.15, 0.2) is 6.10 Å². The number of rotatable bonds is 3. The summed E-state index contributed by atoms with van der Waals surface area (Å²) >= 11 is 5.82. The largest absolute Gasteiger partial charge is 0.496 e. The molecule has 2 N–H and O–H groups in total. The monoisotopic (exact) mass is 230 g/mol. The zero-order chi connectivity index (χ0) is 11.6. The van der Waals surface area contributed by atoms with Gasteiger partial charge in [-0.1, -0.05) is 17.7 Å². The number of aliphatic carboxylic acids is 1. The van der Waals surface area contributed by atoms with Crippen LogP contribution in [-0.2, 0) is 4.79 Å². The number of hydrogen-bond acceptors (Lipinski definition) is 3. The molecule has 15 heavy (non-hydrogen) atoms. The summed E-state index contributed by atoms with van der Waals surface area (Å²) in [6, 6.07) is 3.22. The second-order valence-corrected chi connectivity index (χ2v) is 3.46. The molecule has 4 nitrogen and oxygen atoms in total. The van der Waals surface area contributed by atoms with Gasteiger partial charge in [-0.2, -0.15) is 0 Å². The average Bonchev–Trinajstić information content (AvgIpc) is 2.19. The van der Waals surface area contributed by atoms with Gasteiger partial charge >= 0.3 is 5.97 Å². The number of aliphatic hydroxyl groups excluding tert-OH is 1. The minimum atomic E-state index is -1.67. The zero-order valence-electron chi connectivity index (χ0n) is 8.32. The number of benzene rings is 1. The second-order valence-electron chi connectivity index (χ2n) is 3.05. The highest BCUT2D eigenvalue weighted by Crippen LogP contribution is 2.34. The van der Waals surface area contributed by atoms with E-state index in [1.165, 1.54) is 13.2 Å². The van der Waals surface area contributed by atoms with Crippen LogP contribution in [0.1, 0.15) is 17.2 Å². The smallest absolute Gasteiger partial charge is 0.337 e. The summed E-state index contributed by atoms with van der Waals surface area (Å²) in [5.41, 5.74) is 0.809. The van der Waals surface area contributed by atoms with Crippen LogP contribution in [0.3, 0.4) is 0 Å². The molecule has 1 rings (SSSR count). The van der Waals surface area contributed by atoms with Gasteiger partial charge in [-0.05, 0) is 18.6 Å². The summed E-state index contributed by atoms with van der Waals surface area (Å²) < 4.78 is 5.02. The van der Waals surface area contributed by atoms with E-state index in [1.807, 2.05) is 0 Å². The van der Waals surface area contributed by atoms with Crippen molar-refractivity contribution < 1.29 is 19.7 Å². The van der Waals surface area contributed by atoms with Gasteiger partial charge in [0.2, 0.25) is 0 Å². The molecule has 0 saturated heterocycles. The first-order chi connectivity index (χ1) is 6.99. The Morgan fingerprint density at radius 2 is 2.13 bits per heavy atom. The summed E-state index contributed by atoms with van der Waals surface area (Å²) in [6.45, 7) is 1.74. The minimum absolute atomic E-state index is 0.0895. The van der Waals surface area contributed by atoms with Crippen molar-refractivity contribution in [2.45, 2.75) is 13.0 Å². The molecular formula is C10H11ClO4. The molecule has 0 amide bonds. The highest BCUT2D eigenvalue weighted by Gasteiger charge is 2.24. The van der Waals surface area contributed by atoms with Gasteiger partial charge in [-0.15, -0.1) is 0 Å². The molecule has 1 atom stereocenters. The van der Waals surface area contributed by atoms with Gasteiger partial charge in [0.05, 0.1) is 17.7 Å².